The molecule has 0 aliphatic carbocycles. The minimum Gasteiger partial charge on any atom is -0.423 e. The van der Waals surface area contributed by atoms with Gasteiger partial charge in [-0.1, -0.05) is 39.0 Å². The van der Waals surface area contributed by atoms with Crippen molar-refractivity contribution in [3.63, 3.8) is 0 Å². The van der Waals surface area contributed by atoms with E-state index in [0.717, 1.165) is 24.1 Å². The van der Waals surface area contributed by atoms with Crippen LogP contribution in [0.1, 0.15) is 45.4 Å². The van der Waals surface area contributed by atoms with E-state index >= 15 is 0 Å². The van der Waals surface area contributed by atoms with Gasteiger partial charge in [0.1, 0.15) is 5.52 Å². The Hall–Kier alpha value is -1.71. The van der Waals surface area contributed by atoms with Crippen LogP contribution < -0.4 is 11.1 Å². The first kappa shape index (κ1) is 13.7. The summed E-state index contributed by atoms with van der Waals surface area (Å²) in [6, 6.07) is 6.11. The van der Waals surface area contributed by atoms with Crippen molar-refractivity contribution in [2.24, 2.45) is 0 Å². The predicted molar refractivity (Wildman–Crippen MR) is 80.3 cm³/mol. The molecule has 0 radical (unpaired) electrons. The highest BCUT2D eigenvalue weighted by Gasteiger charge is 2.04. The van der Waals surface area contributed by atoms with E-state index < -0.39 is 0 Å². The summed E-state index contributed by atoms with van der Waals surface area (Å²) >= 11 is 0. The Kier molecular flexibility index (Phi) is 5.07. The van der Waals surface area contributed by atoms with E-state index in [1.165, 1.54) is 32.1 Å². The maximum Gasteiger partial charge on any atom is 0.295 e. The molecular weight excluding hydrogens is 238 g/mol. The van der Waals surface area contributed by atoms with Crippen molar-refractivity contribution in [1.82, 2.24) is 4.98 Å². The molecule has 0 bridgehead atoms. The van der Waals surface area contributed by atoms with Gasteiger partial charge in [0.05, 0.1) is 0 Å². The Balaban J connectivity index is 1.72. The standard InChI is InChI=1S/C15H23N3O/c1-2-3-4-5-6-7-10-17-15-18-13-9-8-12(16)11-14(13)19-15/h8-9,11H,2-7,10,16H2,1H3,(H,17,18). The second kappa shape index (κ2) is 7.02. The molecular formula is C15H23N3O. The molecule has 19 heavy (non-hydrogen) atoms. The van der Waals surface area contributed by atoms with Gasteiger partial charge in [-0.15, -0.1) is 0 Å². The largest absolute Gasteiger partial charge is 0.423 e. The zero-order valence-corrected chi connectivity index (χ0v) is 11.6. The van der Waals surface area contributed by atoms with Gasteiger partial charge >= 0.3 is 0 Å². The van der Waals surface area contributed by atoms with Gasteiger partial charge < -0.3 is 15.5 Å². The number of nitrogen functional groups attached to an aromatic ring is 1. The van der Waals surface area contributed by atoms with Gasteiger partial charge in [0.2, 0.25) is 0 Å². The fraction of sp³-hybridized carbons (Fsp3) is 0.533. The van der Waals surface area contributed by atoms with E-state index in [4.69, 9.17) is 10.2 Å². The number of fused-ring (bicyclic) bond motifs is 1. The highest BCUT2D eigenvalue weighted by Crippen LogP contribution is 2.21. The molecule has 0 amide bonds. The van der Waals surface area contributed by atoms with Crippen LogP contribution >= 0.6 is 0 Å². The van der Waals surface area contributed by atoms with Crippen molar-refractivity contribution < 1.29 is 4.42 Å². The second-order valence-corrected chi connectivity index (χ2v) is 4.94. The average molecular weight is 261 g/mol. The van der Waals surface area contributed by atoms with Crippen molar-refractivity contribution in [2.75, 3.05) is 17.6 Å². The number of hydrogen-bond acceptors (Lipinski definition) is 4. The van der Waals surface area contributed by atoms with Gasteiger partial charge in [-0.3, -0.25) is 0 Å². The molecule has 104 valence electrons. The Labute approximate surface area is 114 Å². The number of oxazole rings is 1. The van der Waals surface area contributed by atoms with E-state index in [2.05, 4.69) is 17.2 Å². The van der Waals surface area contributed by atoms with Crippen LogP contribution in [0, 0.1) is 0 Å². The van der Waals surface area contributed by atoms with Crippen LogP contribution in [0.3, 0.4) is 0 Å². The molecule has 0 spiro atoms. The van der Waals surface area contributed by atoms with Crippen LogP contribution in [0.4, 0.5) is 11.7 Å². The van der Waals surface area contributed by atoms with Crippen LogP contribution in [0.25, 0.3) is 11.1 Å². The molecule has 0 aliphatic rings. The molecule has 0 saturated carbocycles. The van der Waals surface area contributed by atoms with E-state index in [1.807, 2.05) is 12.1 Å². The quantitative estimate of drug-likeness (QED) is 0.552. The topological polar surface area (TPSA) is 64.1 Å². The SMILES string of the molecule is CCCCCCCCNc1nc2ccc(N)cc2o1. The molecule has 1 heterocycles. The number of unbranched alkanes of at least 4 members (excludes halogenated alkanes) is 5. The number of nitrogens with two attached hydrogens (primary N) is 1. The van der Waals surface area contributed by atoms with Crippen molar-refractivity contribution >= 4 is 22.8 Å². The number of nitrogens with zero attached hydrogens (tertiary/aromatic N) is 1. The summed E-state index contributed by atoms with van der Waals surface area (Å²) in [5.41, 5.74) is 7.99. The lowest BCUT2D eigenvalue weighted by Gasteiger charge is -2.01. The normalized spacial score (nSPS) is 11.0. The summed E-state index contributed by atoms with van der Waals surface area (Å²) in [5, 5.41) is 3.23. The minimum atomic E-state index is 0.592. The van der Waals surface area contributed by atoms with Gasteiger partial charge in [-0.25, -0.2) is 0 Å². The van der Waals surface area contributed by atoms with Crippen molar-refractivity contribution in [3.8, 4) is 0 Å². The molecule has 0 aliphatic heterocycles. The molecule has 3 N–H and O–H groups in total. The molecule has 0 atom stereocenters. The Morgan fingerprint density at radius 2 is 1.95 bits per heavy atom. The first-order valence-corrected chi connectivity index (χ1v) is 7.19. The fourth-order valence-electron chi connectivity index (χ4n) is 2.12. The monoisotopic (exact) mass is 261 g/mol. The number of anilines is 2. The van der Waals surface area contributed by atoms with Gasteiger partial charge in [0.15, 0.2) is 5.58 Å². The number of nitrogens with one attached hydrogen (secondary N) is 1. The summed E-state index contributed by atoms with van der Waals surface area (Å²) in [6.45, 7) is 3.15. The first-order valence-electron chi connectivity index (χ1n) is 7.19. The van der Waals surface area contributed by atoms with Gasteiger partial charge in [-0.05, 0) is 18.6 Å². The number of rotatable bonds is 8. The molecule has 0 unspecified atom stereocenters. The van der Waals surface area contributed by atoms with E-state index in [1.54, 1.807) is 6.07 Å². The number of hydrogen-bond donors (Lipinski definition) is 2. The fourth-order valence-corrected chi connectivity index (χ4v) is 2.12. The summed E-state index contributed by atoms with van der Waals surface area (Å²) in [4.78, 5) is 4.37. The lowest BCUT2D eigenvalue weighted by atomic mass is 10.1. The molecule has 0 fully saturated rings. The second-order valence-electron chi connectivity index (χ2n) is 4.94. The summed E-state index contributed by atoms with van der Waals surface area (Å²) in [6.07, 6.45) is 7.73. The smallest absolute Gasteiger partial charge is 0.295 e. The maximum atomic E-state index is 5.70. The molecule has 0 saturated heterocycles. The zero-order chi connectivity index (χ0) is 13.5. The maximum absolute atomic E-state index is 5.70. The molecule has 1 aromatic carbocycles. The lowest BCUT2D eigenvalue weighted by Crippen LogP contribution is -2.01. The van der Waals surface area contributed by atoms with Gasteiger partial charge in [-0.2, -0.15) is 4.98 Å². The third-order valence-electron chi connectivity index (χ3n) is 3.22. The Bertz CT molecular complexity index is 507. The molecule has 4 nitrogen and oxygen atoms in total. The molecule has 4 heteroatoms. The van der Waals surface area contributed by atoms with Crippen molar-refractivity contribution in [3.05, 3.63) is 18.2 Å². The number of aromatic nitrogens is 1. The number of benzene rings is 1. The average Bonchev–Trinajstić information content (AvgIpc) is 2.79. The van der Waals surface area contributed by atoms with Gasteiger partial charge in [0, 0.05) is 18.3 Å². The highest BCUT2D eigenvalue weighted by atomic mass is 16.4. The third kappa shape index (κ3) is 4.16. The molecule has 2 aromatic rings. The van der Waals surface area contributed by atoms with Crippen molar-refractivity contribution in [1.29, 1.82) is 0 Å². The van der Waals surface area contributed by atoms with Gasteiger partial charge in [0.25, 0.3) is 6.01 Å². The van der Waals surface area contributed by atoms with Crippen LogP contribution in [-0.2, 0) is 0 Å². The predicted octanol–water partition coefficient (Wildman–Crippen LogP) is 4.18. The van der Waals surface area contributed by atoms with E-state index in [9.17, 15) is 0 Å². The summed E-state index contributed by atoms with van der Waals surface area (Å²) < 4.78 is 5.59. The van der Waals surface area contributed by atoms with Crippen LogP contribution in [0.2, 0.25) is 0 Å². The highest BCUT2D eigenvalue weighted by molar-refractivity contribution is 5.77. The minimum absolute atomic E-state index is 0.592. The molecule has 1 aromatic heterocycles. The Morgan fingerprint density at radius 3 is 2.79 bits per heavy atom. The lowest BCUT2D eigenvalue weighted by molar-refractivity contribution is 0.594. The van der Waals surface area contributed by atoms with Crippen LogP contribution in [0.5, 0.6) is 0 Å². The Morgan fingerprint density at radius 1 is 1.16 bits per heavy atom. The van der Waals surface area contributed by atoms with E-state index in [0.29, 0.717) is 11.7 Å². The first-order chi connectivity index (χ1) is 9.29. The van der Waals surface area contributed by atoms with E-state index in [-0.39, 0.29) is 0 Å². The zero-order valence-electron chi connectivity index (χ0n) is 11.6. The summed E-state index contributed by atoms with van der Waals surface area (Å²) in [7, 11) is 0. The summed E-state index contributed by atoms with van der Waals surface area (Å²) in [5.74, 6) is 0. The van der Waals surface area contributed by atoms with Crippen molar-refractivity contribution in [2.45, 2.75) is 45.4 Å². The van der Waals surface area contributed by atoms with Crippen LogP contribution in [0.15, 0.2) is 22.6 Å². The third-order valence-corrected chi connectivity index (χ3v) is 3.22. The molecule has 2 rings (SSSR count). The van der Waals surface area contributed by atoms with Crippen LogP contribution in [-0.4, -0.2) is 11.5 Å².